The lowest BCUT2D eigenvalue weighted by Gasteiger charge is -2.08. The molecule has 0 unspecified atom stereocenters. The molecular formula is C13H13F3N2O. The Morgan fingerprint density at radius 3 is 2.74 bits per heavy atom. The lowest BCUT2D eigenvalue weighted by atomic mass is 10.1. The molecule has 0 aromatic heterocycles. The van der Waals surface area contributed by atoms with E-state index in [4.69, 9.17) is 11.0 Å². The van der Waals surface area contributed by atoms with Crippen LogP contribution in [0.15, 0.2) is 24.3 Å². The van der Waals surface area contributed by atoms with Crippen molar-refractivity contribution >= 4 is 6.08 Å². The molecule has 0 bridgehead atoms. The van der Waals surface area contributed by atoms with Crippen LogP contribution in [0.1, 0.15) is 12.0 Å². The summed E-state index contributed by atoms with van der Waals surface area (Å²) in [5.41, 5.74) is 5.26. The van der Waals surface area contributed by atoms with Crippen molar-refractivity contribution in [1.29, 1.82) is 5.26 Å². The minimum atomic E-state index is -3.02. The van der Waals surface area contributed by atoms with Gasteiger partial charge in [-0.1, -0.05) is 18.2 Å². The number of rotatable bonds is 6. The van der Waals surface area contributed by atoms with Crippen LogP contribution in [0.25, 0.3) is 6.08 Å². The zero-order valence-corrected chi connectivity index (χ0v) is 10.0. The molecule has 0 radical (unpaired) electrons. The Hall–Kier alpha value is -2.00. The van der Waals surface area contributed by atoms with Crippen molar-refractivity contribution in [2.24, 2.45) is 11.7 Å². The summed E-state index contributed by atoms with van der Waals surface area (Å²) in [5, 5.41) is 8.69. The molecule has 1 atom stereocenters. The van der Waals surface area contributed by atoms with Gasteiger partial charge in [0.1, 0.15) is 11.6 Å². The zero-order chi connectivity index (χ0) is 14.3. The lowest BCUT2D eigenvalue weighted by molar-refractivity contribution is -0.0501. The molecule has 0 saturated heterocycles. The Kier molecular flexibility index (Phi) is 5.90. The number of allylic oxidation sites excluding steroid dienone is 1. The van der Waals surface area contributed by atoms with Gasteiger partial charge in [-0.15, -0.1) is 0 Å². The van der Waals surface area contributed by atoms with Crippen LogP contribution in [0.3, 0.4) is 0 Å². The van der Waals surface area contributed by atoms with Crippen molar-refractivity contribution < 1.29 is 17.9 Å². The molecule has 2 N–H and O–H groups in total. The van der Waals surface area contributed by atoms with Crippen molar-refractivity contribution in [3.8, 4) is 11.8 Å². The number of hydrogen-bond donors (Lipinski definition) is 1. The molecule has 0 aliphatic carbocycles. The van der Waals surface area contributed by atoms with E-state index in [1.54, 1.807) is 0 Å². The van der Waals surface area contributed by atoms with Gasteiger partial charge in [0.15, 0.2) is 0 Å². The number of nitriles is 1. The van der Waals surface area contributed by atoms with Gasteiger partial charge in [0.2, 0.25) is 0 Å². The number of alkyl halides is 2. The van der Waals surface area contributed by atoms with Crippen molar-refractivity contribution in [3.63, 3.8) is 0 Å². The summed E-state index contributed by atoms with van der Waals surface area (Å²) in [6.07, 6.45) is 3.14. The maximum atomic E-state index is 13.5. The molecule has 0 amide bonds. The highest BCUT2D eigenvalue weighted by Crippen LogP contribution is 2.25. The maximum Gasteiger partial charge on any atom is 0.387 e. The van der Waals surface area contributed by atoms with Crippen molar-refractivity contribution in [3.05, 3.63) is 35.7 Å². The molecule has 1 aromatic rings. The number of halogens is 3. The maximum absolute atomic E-state index is 13.5. The van der Waals surface area contributed by atoms with Crippen molar-refractivity contribution in [1.82, 2.24) is 0 Å². The molecule has 19 heavy (non-hydrogen) atoms. The SMILES string of the molecule is N#C[C@@H](CN)C/C=C/c1c(F)cccc1OC(F)F. The third-order valence-electron chi connectivity index (χ3n) is 2.40. The Balaban J connectivity index is 2.87. The van der Waals surface area contributed by atoms with Gasteiger partial charge in [0.25, 0.3) is 0 Å². The molecule has 0 heterocycles. The summed E-state index contributed by atoms with van der Waals surface area (Å²) in [4.78, 5) is 0. The third-order valence-corrected chi connectivity index (χ3v) is 2.40. The van der Waals surface area contributed by atoms with Crippen LogP contribution >= 0.6 is 0 Å². The van der Waals surface area contributed by atoms with Gasteiger partial charge in [-0.05, 0) is 18.6 Å². The minimum absolute atomic E-state index is 0.0727. The van der Waals surface area contributed by atoms with Crippen LogP contribution in [-0.2, 0) is 0 Å². The molecule has 0 saturated carbocycles. The van der Waals surface area contributed by atoms with Crippen molar-refractivity contribution in [2.75, 3.05) is 6.54 Å². The van der Waals surface area contributed by atoms with Crippen LogP contribution in [0.5, 0.6) is 5.75 Å². The monoisotopic (exact) mass is 270 g/mol. The third kappa shape index (κ3) is 4.64. The normalized spacial score (nSPS) is 12.6. The van der Waals surface area contributed by atoms with E-state index in [0.717, 1.165) is 6.07 Å². The summed E-state index contributed by atoms with van der Waals surface area (Å²) in [6.45, 7) is -2.84. The Morgan fingerprint density at radius 1 is 1.42 bits per heavy atom. The largest absolute Gasteiger partial charge is 0.434 e. The van der Waals surface area contributed by atoms with Crippen LogP contribution in [0.4, 0.5) is 13.2 Å². The standard InChI is InChI=1S/C13H13F3N2O/c14-11-5-2-6-12(19-13(15)16)10(11)4-1-3-9(7-17)8-18/h1-2,4-6,9,13H,3,7,17H2/b4-1+/t9-/m1/s1. The topological polar surface area (TPSA) is 59.0 Å². The summed E-state index contributed by atoms with van der Waals surface area (Å²) in [5.74, 6) is -1.30. The second kappa shape index (κ2) is 7.44. The van der Waals surface area contributed by atoms with E-state index in [-0.39, 0.29) is 23.8 Å². The van der Waals surface area contributed by atoms with Gasteiger partial charge in [0.05, 0.1) is 17.6 Å². The summed E-state index contributed by atoms with van der Waals surface area (Å²) in [7, 11) is 0. The average Bonchev–Trinajstić information content (AvgIpc) is 2.37. The number of benzene rings is 1. The first-order valence-electron chi connectivity index (χ1n) is 5.58. The van der Waals surface area contributed by atoms with Crippen LogP contribution in [-0.4, -0.2) is 13.2 Å². The summed E-state index contributed by atoms with van der Waals surface area (Å²) >= 11 is 0. The Labute approximate surface area is 109 Å². The molecule has 1 rings (SSSR count). The molecule has 0 aliphatic rings. The smallest absolute Gasteiger partial charge is 0.387 e. The van der Waals surface area contributed by atoms with Crippen LogP contribution in [0, 0.1) is 23.1 Å². The zero-order valence-electron chi connectivity index (χ0n) is 10.0. The summed E-state index contributed by atoms with van der Waals surface area (Å²) in [6, 6.07) is 5.65. The van der Waals surface area contributed by atoms with Gasteiger partial charge in [-0.25, -0.2) is 4.39 Å². The number of ether oxygens (including phenoxy) is 1. The quantitative estimate of drug-likeness (QED) is 0.864. The predicted molar refractivity (Wildman–Crippen MR) is 64.8 cm³/mol. The first kappa shape index (κ1) is 15.1. The van der Waals surface area contributed by atoms with Crippen LogP contribution in [0.2, 0.25) is 0 Å². The molecule has 0 fully saturated rings. The molecule has 3 nitrogen and oxygen atoms in total. The van der Waals surface area contributed by atoms with Crippen LogP contribution < -0.4 is 10.5 Å². The number of hydrogen-bond acceptors (Lipinski definition) is 3. The molecular weight excluding hydrogens is 257 g/mol. The van der Waals surface area contributed by atoms with Gasteiger partial charge in [-0.3, -0.25) is 0 Å². The van der Waals surface area contributed by atoms with E-state index in [1.807, 2.05) is 6.07 Å². The second-order valence-corrected chi connectivity index (χ2v) is 3.73. The van der Waals surface area contributed by atoms with Gasteiger partial charge in [0, 0.05) is 6.54 Å². The van der Waals surface area contributed by atoms with E-state index >= 15 is 0 Å². The van der Waals surface area contributed by atoms with E-state index in [0.29, 0.717) is 6.42 Å². The number of nitrogens with two attached hydrogens (primary N) is 1. The van der Waals surface area contributed by atoms with Gasteiger partial charge < -0.3 is 10.5 Å². The molecule has 6 heteroatoms. The fourth-order valence-electron chi connectivity index (χ4n) is 1.43. The molecule has 1 aromatic carbocycles. The lowest BCUT2D eigenvalue weighted by Crippen LogP contribution is -2.11. The van der Waals surface area contributed by atoms with E-state index < -0.39 is 12.4 Å². The van der Waals surface area contributed by atoms with Gasteiger partial charge in [-0.2, -0.15) is 14.0 Å². The predicted octanol–water partition coefficient (Wildman–Crippen LogP) is 2.93. The molecule has 0 aliphatic heterocycles. The highest BCUT2D eigenvalue weighted by Gasteiger charge is 2.11. The van der Waals surface area contributed by atoms with E-state index in [1.165, 1.54) is 24.3 Å². The minimum Gasteiger partial charge on any atom is -0.434 e. The Morgan fingerprint density at radius 2 is 2.16 bits per heavy atom. The number of nitrogens with zero attached hydrogens (tertiary/aromatic N) is 1. The highest BCUT2D eigenvalue weighted by atomic mass is 19.3. The summed E-state index contributed by atoms with van der Waals surface area (Å²) < 4.78 is 42.1. The first-order valence-corrected chi connectivity index (χ1v) is 5.58. The van der Waals surface area contributed by atoms with E-state index in [9.17, 15) is 13.2 Å². The fraction of sp³-hybridized carbons (Fsp3) is 0.308. The fourth-order valence-corrected chi connectivity index (χ4v) is 1.43. The molecule has 102 valence electrons. The van der Waals surface area contributed by atoms with E-state index in [2.05, 4.69) is 4.74 Å². The van der Waals surface area contributed by atoms with Crippen molar-refractivity contribution in [2.45, 2.75) is 13.0 Å². The highest BCUT2D eigenvalue weighted by molar-refractivity contribution is 5.58. The molecule has 0 spiro atoms. The first-order chi connectivity index (χ1) is 9.08. The Bertz CT molecular complexity index is 483. The second-order valence-electron chi connectivity index (χ2n) is 3.73. The van der Waals surface area contributed by atoms with Gasteiger partial charge >= 0.3 is 6.61 Å². The average molecular weight is 270 g/mol.